The van der Waals surface area contributed by atoms with Crippen molar-refractivity contribution < 1.29 is 4.74 Å². The van der Waals surface area contributed by atoms with Gasteiger partial charge in [0.25, 0.3) is 0 Å². The van der Waals surface area contributed by atoms with Gasteiger partial charge in [-0.15, -0.1) is 0 Å². The average molecular weight is 357 g/mol. The standard InChI is InChI=1S/C20H39OP2/c1-12-23(11,13-2)14-22(10)20(8,9)21-18-15(3)16(4)19(6,7)17(18)5/h16-18H,3,10-14H2,1-2,4-9H3/q+1. The maximum atomic E-state index is 6.68. The molecule has 0 aromatic heterocycles. The van der Waals surface area contributed by atoms with Crippen molar-refractivity contribution in [2.24, 2.45) is 17.3 Å². The maximum absolute atomic E-state index is 6.68. The fraction of sp³-hybridized carbons (Fsp3) is 0.800. The molecule has 1 aliphatic rings. The fourth-order valence-corrected chi connectivity index (χ4v) is 9.92. The van der Waals surface area contributed by atoms with Crippen LogP contribution in [0.4, 0.5) is 0 Å². The zero-order chi connectivity index (χ0) is 18.2. The van der Waals surface area contributed by atoms with E-state index in [0.29, 0.717) is 11.8 Å². The summed E-state index contributed by atoms with van der Waals surface area (Å²) in [6.07, 6.45) is 11.7. The predicted octanol–water partition coefficient (Wildman–Crippen LogP) is 6.34. The van der Waals surface area contributed by atoms with Crippen LogP contribution in [-0.4, -0.2) is 42.3 Å². The zero-order valence-corrected chi connectivity index (χ0v) is 18.6. The van der Waals surface area contributed by atoms with Gasteiger partial charge in [-0.2, -0.15) is 0 Å². The second kappa shape index (κ2) is 7.19. The van der Waals surface area contributed by atoms with Crippen LogP contribution in [0.1, 0.15) is 55.4 Å². The van der Waals surface area contributed by atoms with Crippen molar-refractivity contribution in [1.29, 1.82) is 0 Å². The largest absolute Gasteiger partial charge is 0.328 e. The molecule has 0 N–H and O–H groups in total. The van der Waals surface area contributed by atoms with Crippen LogP contribution in [0.2, 0.25) is 0 Å². The van der Waals surface area contributed by atoms with E-state index in [1.54, 1.807) is 0 Å². The van der Waals surface area contributed by atoms with E-state index >= 15 is 0 Å². The summed E-state index contributed by atoms with van der Waals surface area (Å²) in [5, 5.41) is -0.176. The van der Waals surface area contributed by atoms with E-state index in [0.717, 1.165) is 0 Å². The summed E-state index contributed by atoms with van der Waals surface area (Å²) in [7, 11) is -0.449. The molecule has 0 spiro atoms. The van der Waals surface area contributed by atoms with Gasteiger partial charge in [0.05, 0.1) is 12.4 Å². The summed E-state index contributed by atoms with van der Waals surface area (Å²) in [5.74, 6) is 2.17. The summed E-state index contributed by atoms with van der Waals surface area (Å²) in [6.45, 7) is 21.6. The lowest BCUT2D eigenvalue weighted by Crippen LogP contribution is -2.33. The molecule has 0 aromatic carbocycles. The van der Waals surface area contributed by atoms with E-state index in [-0.39, 0.29) is 16.9 Å². The highest BCUT2D eigenvalue weighted by atomic mass is 31.2. The maximum Gasteiger partial charge on any atom is 0.219 e. The Morgan fingerprint density at radius 2 is 1.70 bits per heavy atom. The van der Waals surface area contributed by atoms with Crippen LogP contribution in [0.5, 0.6) is 0 Å². The van der Waals surface area contributed by atoms with E-state index < -0.39 is 14.4 Å². The Hall–Kier alpha value is 0.170. The Morgan fingerprint density at radius 3 is 2.04 bits per heavy atom. The van der Waals surface area contributed by atoms with Gasteiger partial charge < -0.3 is 4.74 Å². The Kier molecular flexibility index (Phi) is 6.63. The fourth-order valence-electron chi connectivity index (χ4n) is 3.35. The lowest BCUT2D eigenvalue weighted by atomic mass is 9.77. The number of rotatable bonds is 7. The molecule has 134 valence electrons. The van der Waals surface area contributed by atoms with Crippen molar-refractivity contribution in [3.63, 3.8) is 0 Å². The Labute approximate surface area is 146 Å². The predicted molar refractivity (Wildman–Crippen MR) is 114 cm³/mol. The number of hydrogen-bond donors (Lipinski definition) is 0. The molecular formula is C20H39OP2+. The monoisotopic (exact) mass is 357 g/mol. The second-order valence-corrected chi connectivity index (χ2v) is 15.8. The number of hydrogen-bond acceptors (Lipinski definition) is 1. The van der Waals surface area contributed by atoms with Crippen molar-refractivity contribution >= 4 is 27.0 Å². The van der Waals surface area contributed by atoms with E-state index in [9.17, 15) is 0 Å². The molecule has 0 bridgehead atoms. The smallest absolute Gasteiger partial charge is 0.219 e. The summed E-state index contributed by atoms with van der Waals surface area (Å²) in [5.41, 5.74) is 1.51. The Bertz CT molecular complexity index is 508. The molecule has 4 unspecified atom stereocenters. The minimum atomic E-state index is -1.08. The highest BCUT2D eigenvalue weighted by molar-refractivity contribution is 7.83. The first-order chi connectivity index (χ1) is 10.3. The van der Waals surface area contributed by atoms with Gasteiger partial charge in [-0.3, -0.25) is 0 Å². The average Bonchev–Trinajstić information content (AvgIpc) is 2.62. The molecule has 4 atom stereocenters. The molecule has 1 aliphatic carbocycles. The molecule has 1 nitrogen and oxygen atoms in total. The Balaban J connectivity index is 2.92. The van der Waals surface area contributed by atoms with Gasteiger partial charge in [-0.05, 0) is 35.1 Å². The highest BCUT2D eigenvalue weighted by Gasteiger charge is 2.51. The van der Waals surface area contributed by atoms with Gasteiger partial charge in [-0.1, -0.05) is 61.3 Å². The molecule has 1 rings (SSSR count). The van der Waals surface area contributed by atoms with Crippen molar-refractivity contribution in [3.8, 4) is 0 Å². The molecule has 0 saturated heterocycles. The second-order valence-electron chi connectivity index (χ2n) is 8.55. The molecule has 0 aliphatic heterocycles. The van der Waals surface area contributed by atoms with Crippen molar-refractivity contribution in [3.05, 3.63) is 12.2 Å². The van der Waals surface area contributed by atoms with Crippen LogP contribution in [0.3, 0.4) is 0 Å². The minimum Gasteiger partial charge on any atom is -0.328 e. The van der Waals surface area contributed by atoms with Gasteiger partial charge in [0, 0.05) is 13.8 Å². The van der Waals surface area contributed by atoms with Crippen molar-refractivity contribution in [1.82, 2.24) is 0 Å². The van der Waals surface area contributed by atoms with Gasteiger partial charge >= 0.3 is 0 Å². The van der Waals surface area contributed by atoms with E-state index in [4.69, 9.17) is 4.74 Å². The lowest BCUT2D eigenvalue weighted by Gasteiger charge is -2.32. The van der Waals surface area contributed by atoms with E-state index in [2.05, 4.69) is 74.6 Å². The zero-order valence-electron chi connectivity index (χ0n) is 16.8. The van der Waals surface area contributed by atoms with E-state index in [1.165, 1.54) is 23.8 Å². The Morgan fingerprint density at radius 1 is 1.22 bits per heavy atom. The molecule has 0 aromatic rings. The molecule has 1 saturated carbocycles. The van der Waals surface area contributed by atoms with Crippen molar-refractivity contribution in [2.75, 3.05) is 18.2 Å². The third-order valence-electron chi connectivity index (χ3n) is 6.65. The summed E-state index contributed by atoms with van der Waals surface area (Å²) in [4.78, 5) is 0. The van der Waals surface area contributed by atoms with Crippen LogP contribution >= 0.6 is 14.4 Å². The third kappa shape index (κ3) is 4.23. The highest BCUT2D eigenvalue weighted by Crippen LogP contribution is 2.58. The third-order valence-corrected chi connectivity index (χ3v) is 14.7. The van der Waals surface area contributed by atoms with Crippen LogP contribution < -0.4 is 0 Å². The molecule has 0 amide bonds. The summed E-state index contributed by atoms with van der Waals surface area (Å²) < 4.78 is 6.68. The SMILES string of the molecule is C=C1C(OC(C)(C)[P+](=C)CP(=C)(CC)CC)C(C)C(C)(C)C1C. The minimum absolute atomic E-state index is 0.155. The summed E-state index contributed by atoms with van der Waals surface area (Å²) in [6, 6.07) is 0. The summed E-state index contributed by atoms with van der Waals surface area (Å²) >= 11 is 0. The van der Waals surface area contributed by atoms with E-state index in [1.807, 2.05) is 0 Å². The molecule has 3 heteroatoms. The normalized spacial score (nSPS) is 29.0. The molecule has 23 heavy (non-hydrogen) atoms. The topological polar surface area (TPSA) is 9.23 Å². The molecule has 1 fully saturated rings. The molecular weight excluding hydrogens is 318 g/mol. The lowest BCUT2D eigenvalue weighted by molar-refractivity contribution is -0.0285. The first kappa shape index (κ1) is 21.2. The number of ether oxygens (including phenoxy) is 1. The van der Waals surface area contributed by atoms with Gasteiger partial charge in [0.2, 0.25) is 5.34 Å². The van der Waals surface area contributed by atoms with Crippen LogP contribution in [-0.2, 0) is 4.74 Å². The van der Waals surface area contributed by atoms with Crippen LogP contribution in [0.15, 0.2) is 12.2 Å². The molecule has 0 radical (unpaired) electrons. The first-order valence-corrected chi connectivity index (χ1v) is 13.2. The van der Waals surface area contributed by atoms with Crippen LogP contribution in [0.25, 0.3) is 0 Å². The van der Waals surface area contributed by atoms with Gasteiger partial charge in [0.15, 0.2) is 0 Å². The van der Waals surface area contributed by atoms with Gasteiger partial charge in [0.1, 0.15) is 13.4 Å². The first-order valence-electron chi connectivity index (χ1n) is 8.97. The molecule has 0 heterocycles. The van der Waals surface area contributed by atoms with Gasteiger partial charge in [-0.25, -0.2) is 0 Å². The quantitative estimate of drug-likeness (QED) is 0.382. The van der Waals surface area contributed by atoms with Crippen LogP contribution in [0, 0.1) is 17.3 Å². The van der Waals surface area contributed by atoms with Crippen molar-refractivity contribution in [2.45, 2.75) is 66.8 Å².